The van der Waals surface area contributed by atoms with Crippen LogP contribution in [-0.2, 0) is 19.7 Å². The fourth-order valence-electron chi connectivity index (χ4n) is 3.80. The summed E-state index contributed by atoms with van der Waals surface area (Å²) in [6.07, 6.45) is 1.53. The Kier molecular flexibility index (Phi) is 5.40. The molecule has 0 radical (unpaired) electrons. The highest BCUT2D eigenvalue weighted by molar-refractivity contribution is 5.92. The van der Waals surface area contributed by atoms with Crippen molar-refractivity contribution in [3.05, 3.63) is 71.3 Å². The van der Waals surface area contributed by atoms with Crippen molar-refractivity contribution in [2.75, 3.05) is 6.61 Å². The fourth-order valence-corrected chi connectivity index (χ4v) is 3.80. The molecule has 0 aliphatic heterocycles. The Balaban J connectivity index is 1.95. The van der Waals surface area contributed by atoms with E-state index in [4.69, 9.17) is 9.47 Å². The van der Waals surface area contributed by atoms with Crippen LogP contribution < -0.4 is 0 Å². The van der Waals surface area contributed by atoms with E-state index < -0.39 is 11.5 Å². The molecule has 0 spiro atoms. The van der Waals surface area contributed by atoms with Gasteiger partial charge in [-0.1, -0.05) is 48.5 Å². The average molecular weight is 352 g/mol. The van der Waals surface area contributed by atoms with Crippen LogP contribution in [-0.4, -0.2) is 24.6 Å². The van der Waals surface area contributed by atoms with Gasteiger partial charge < -0.3 is 9.47 Å². The molecule has 2 aromatic rings. The molecule has 1 fully saturated rings. The van der Waals surface area contributed by atoms with Gasteiger partial charge in [0.25, 0.3) is 0 Å². The number of carbonyl (C=O) groups is 2. The van der Waals surface area contributed by atoms with Crippen LogP contribution in [0.3, 0.4) is 0 Å². The molecular weight excluding hydrogens is 328 g/mol. The van der Waals surface area contributed by atoms with Gasteiger partial charge in [-0.3, -0.25) is 4.79 Å². The summed E-state index contributed by atoms with van der Waals surface area (Å²) in [5.41, 5.74) is 1.30. The summed E-state index contributed by atoms with van der Waals surface area (Å²) in [7, 11) is 0. The van der Waals surface area contributed by atoms with E-state index >= 15 is 0 Å². The normalized spacial score (nSPS) is 22.0. The molecule has 3 rings (SSSR count). The molecule has 136 valence electrons. The lowest BCUT2D eigenvalue weighted by atomic mass is 9.77. The van der Waals surface area contributed by atoms with Gasteiger partial charge in [-0.2, -0.15) is 0 Å². The van der Waals surface area contributed by atoms with Crippen LogP contribution in [0, 0.1) is 6.92 Å². The van der Waals surface area contributed by atoms with Crippen molar-refractivity contribution in [3.8, 4) is 0 Å². The van der Waals surface area contributed by atoms with E-state index in [0.717, 1.165) is 17.5 Å². The van der Waals surface area contributed by atoms with Crippen LogP contribution in [0.4, 0.5) is 0 Å². The van der Waals surface area contributed by atoms with Gasteiger partial charge in [-0.15, -0.1) is 0 Å². The Labute approximate surface area is 154 Å². The second-order valence-electron chi connectivity index (χ2n) is 6.66. The molecule has 4 nitrogen and oxygen atoms in total. The highest BCUT2D eigenvalue weighted by Gasteiger charge is 2.53. The maximum Gasteiger partial charge on any atom is 0.338 e. The van der Waals surface area contributed by atoms with Crippen molar-refractivity contribution in [2.45, 2.75) is 44.6 Å². The smallest absolute Gasteiger partial charge is 0.338 e. The van der Waals surface area contributed by atoms with Crippen LogP contribution in [0.25, 0.3) is 0 Å². The molecule has 1 saturated carbocycles. The van der Waals surface area contributed by atoms with E-state index in [1.807, 2.05) is 55.5 Å². The number of esters is 2. The first-order valence-electron chi connectivity index (χ1n) is 9.09. The highest BCUT2D eigenvalue weighted by atomic mass is 16.6. The second kappa shape index (κ2) is 7.73. The van der Waals surface area contributed by atoms with E-state index in [-0.39, 0.29) is 11.9 Å². The van der Waals surface area contributed by atoms with Crippen LogP contribution in [0.1, 0.15) is 47.7 Å². The molecule has 2 atom stereocenters. The Hall–Kier alpha value is -2.62. The number of benzene rings is 2. The van der Waals surface area contributed by atoms with Crippen molar-refractivity contribution in [1.82, 2.24) is 0 Å². The molecule has 26 heavy (non-hydrogen) atoms. The maximum atomic E-state index is 12.9. The average Bonchev–Trinajstić information content (AvgIpc) is 3.07. The monoisotopic (exact) mass is 352 g/mol. The Bertz CT molecular complexity index is 784. The third-order valence-corrected chi connectivity index (χ3v) is 5.13. The molecule has 0 amide bonds. The predicted molar refractivity (Wildman–Crippen MR) is 99.0 cm³/mol. The summed E-state index contributed by atoms with van der Waals surface area (Å²) < 4.78 is 11.3. The quantitative estimate of drug-likeness (QED) is 0.757. The third-order valence-electron chi connectivity index (χ3n) is 5.13. The summed E-state index contributed by atoms with van der Waals surface area (Å²) >= 11 is 0. The summed E-state index contributed by atoms with van der Waals surface area (Å²) in [4.78, 5) is 25.7. The minimum absolute atomic E-state index is 0.297. The molecule has 1 aliphatic rings. The van der Waals surface area contributed by atoms with Crippen LogP contribution in [0.5, 0.6) is 0 Å². The number of carbonyl (C=O) groups excluding carboxylic acids is 2. The molecule has 1 aliphatic carbocycles. The molecule has 0 aromatic heterocycles. The molecule has 4 heteroatoms. The minimum atomic E-state index is -0.935. The van der Waals surface area contributed by atoms with Crippen LogP contribution in [0.15, 0.2) is 54.6 Å². The van der Waals surface area contributed by atoms with Gasteiger partial charge >= 0.3 is 11.9 Å². The second-order valence-corrected chi connectivity index (χ2v) is 6.66. The van der Waals surface area contributed by atoms with E-state index in [9.17, 15) is 9.59 Å². The van der Waals surface area contributed by atoms with Gasteiger partial charge in [-0.05, 0) is 50.3 Å². The lowest BCUT2D eigenvalue weighted by molar-refractivity contribution is -0.154. The van der Waals surface area contributed by atoms with Crippen molar-refractivity contribution < 1.29 is 19.1 Å². The van der Waals surface area contributed by atoms with Crippen molar-refractivity contribution >= 4 is 11.9 Å². The standard InChI is InChI=1S/C22H24O4/c1-3-25-21(24)22(17-11-5-4-6-12-17)15-9-14-19(22)26-20(23)18-13-8-7-10-16(18)2/h4-8,10-13,19H,3,9,14-15H2,1-2H3. The van der Waals surface area contributed by atoms with Gasteiger partial charge in [0.05, 0.1) is 12.2 Å². The zero-order valence-electron chi connectivity index (χ0n) is 15.2. The maximum absolute atomic E-state index is 12.9. The number of aryl methyl sites for hydroxylation is 1. The molecule has 0 N–H and O–H groups in total. The predicted octanol–water partition coefficient (Wildman–Crippen LogP) is 4.21. The first kappa shape index (κ1) is 18.2. The van der Waals surface area contributed by atoms with Gasteiger partial charge in [-0.25, -0.2) is 4.79 Å². The SMILES string of the molecule is CCOC(=O)C1(c2ccccc2)CCCC1OC(=O)c1ccccc1C. The molecule has 2 unspecified atom stereocenters. The number of hydrogen-bond acceptors (Lipinski definition) is 4. The number of rotatable bonds is 5. The number of ether oxygens (including phenoxy) is 2. The topological polar surface area (TPSA) is 52.6 Å². The lowest BCUT2D eigenvalue weighted by Crippen LogP contribution is -2.46. The summed E-state index contributed by atoms with van der Waals surface area (Å²) in [6, 6.07) is 16.9. The van der Waals surface area contributed by atoms with Gasteiger partial charge in [0.15, 0.2) is 0 Å². The first-order valence-corrected chi connectivity index (χ1v) is 9.09. The molecule has 2 aromatic carbocycles. The van der Waals surface area contributed by atoms with Crippen LogP contribution in [0.2, 0.25) is 0 Å². The third kappa shape index (κ3) is 3.24. The Morgan fingerprint density at radius 3 is 2.46 bits per heavy atom. The molecule has 0 bridgehead atoms. The van der Waals surface area contributed by atoms with E-state index in [1.165, 1.54) is 0 Å². The van der Waals surface area contributed by atoms with Crippen molar-refractivity contribution in [1.29, 1.82) is 0 Å². The van der Waals surface area contributed by atoms with E-state index in [2.05, 4.69) is 0 Å². The highest BCUT2D eigenvalue weighted by Crippen LogP contribution is 2.44. The summed E-state index contributed by atoms with van der Waals surface area (Å²) in [5, 5.41) is 0. The first-order chi connectivity index (χ1) is 12.6. The molecule has 0 saturated heterocycles. The zero-order chi connectivity index (χ0) is 18.6. The van der Waals surface area contributed by atoms with Crippen molar-refractivity contribution in [2.24, 2.45) is 0 Å². The van der Waals surface area contributed by atoms with Gasteiger partial charge in [0.2, 0.25) is 0 Å². The lowest BCUT2D eigenvalue weighted by Gasteiger charge is -2.33. The van der Waals surface area contributed by atoms with E-state index in [0.29, 0.717) is 25.0 Å². The van der Waals surface area contributed by atoms with Crippen molar-refractivity contribution in [3.63, 3.8) is 0 Å². The molecular formula is C22H24O4. The van der Waals surface area contributed by atoms with Crippen LogP contribution >= 0.6 is 0 Å². The number of hydrogen-bond donors (Lipinski definition) is 0. The fraction of sp³-hybridized carbons (Fsp3) is 0.364. The summed E-state index contributed by atoms with van der Waals surface area (Å²) in [6.45, 7) is 3.97. The Morgan fingerprint density at radius 1 is 1.08 bits per heavy atom. The van der Waals surface area contributed by atoms with Gasteiger partial charge in [0.1, 0.15) is 11.5 Å². The zero-order valence-corrected chi connectivity index (χ0v) is 15.2. The van der Waals surface area contributed by atoms with Gasteiger partial charge in [0, 0.05) is 0 Å². The minimum Gasteiger partial charge on any atom is -0.465 e. The Morgan fingerprint density at radius 2 is 1.77 bits per heavy atom. The van der Waals surface area contributed by atoms with E-state index in [1.54, 1.807) is 13.0 Å². The molecule has 0 heterocycles. The largest absolute Gasteiger partial charge is 0.465 e. The summed E-state index contributed by atoms with van der Waals surface area (Å²) in [5.74, 6) is -0.703.